The fourth-order valence-electron chi connectivity index (χ4n) is 0.968. The van der Waals surface area contributed by atoms with Crippen LogP contribution in [0.15, 0.2) is 10.7 Å². The van der Waals surface area contributed by atoms with Crippen molar-refractivity contribution in [2.24, 2.45) is 0 Å². The van der Waals surface area contributed by atoms with Crippen LogP contribution in [0, 0.1) is 0 Å². The number of methoxy groups -OCH3 is 1. The van der Waals surface area contributed by atoms with E-state index in [0.29, 0.717) is 17.0 Å². The second-order valence-corrected chi connectivity index (χ2v) is 4.77. The largest absolute Gasteiger partial charge is 0.463 e. The molecule has 0 aliphatic rings. The number of halogens is 1. The summed E-state index contributed by atoms with van der Waals surface area (Å²) >= 11 is 3.22. The van der Waals surface area contributed by atoms with Gasteiger partial charge >= 0.3 is 6.01 Å². The first-order chi connectivity index (χ1) is 7.43. The highest BCUT2D eigenvalue weighted by molar-refractivity contribution is 9.10. The van der Waals surface area contributed by atoms with Crippen molar-refractivity contribution in [2.75, 3.05) is 19.5 Å². The zero-order chi connectivity index (χ0) is 12.2. The van der Waals surface area contributed by atoms with Gasteiger partial charge < -0.3 is 15.2 Å². The van der Waals surface area contributed by atoms with Crippen LogP contribution in [0.3, 0.4) is 0 Å². The van der Waals surface area contributed by atoms with Crippen molar-refractivity contribution in [3.63, 3.8) is 0 Å². The molecule has 0 amide bonds. The Morgan fingerprint density at radius 3 is 2.69 bits per heavy atom. The molecule has 0 radical (unpaired) electrons. The maximum absolute atomic E-state index is 5.56. The molecule has 1 aromatic heterocycles. The highest BCUT2D eigenvalue weighted by Crippen LogP contribution is 2.16. The molecule has 5 nitrogen and oxygen atoms in total. The number of nitrogens with two attached hydrogens (primary N) is 1. The molecule has 0 aromatic carbocycles. The van der Waals surface area contributed by atoms with E-state index in [-0.39, 0.29) is 11.6 Å². The van der Waals surface area contributed by atoms with Crippen LogP contribution in [0.2, 0.25) is 0 Å². The lowest BCUT2D eigenvalue weighted by Crippen LogP contribution is -2.25. The Labute approximate surface area is 103 Å². The minimum absolute atomic E-state index is 0.211. The Kier molecular flexibility index (Phi) is 4.49. The van der Waals surface area contributed by atoms with Crippen LogP contribution in [0.25, 0.3) is 0 Å². The second kappa shape index (κ2) is 5.45. The summed E-state index contributed by atoms with van der Waals surface area (Å²) in [5.41, 5.74) is 5.35. The number of ether oxygens (including phenoxy) is 2. The standard InChI is InChI=1S/C10H16BrN3O2/c1-10(2,15-3)4-5-16-9-13-7(11)6-8(12)14-9/h6H,4-5H2,1-3H3,(H2,12,13,14). The van der Waals surface area contributed by atoms with Crippen LogP contribution in [-0.2, 0) is 4.74 Å². The fraction of sp³-hybridized carbons (Fsp3) is 0.600. The molecule has 0 aliphatic carbocycles. The minimum atomic E-state index is -0.211. The molecular formula is C10H16BrN3O2. The number of anilines is 1. The molecule has 2 N–H and O–H groups in total. The Bertz CT molecular complexity index is 338. The van der Waals surface area contributed by atoms with E-state index in [0.717, 1.165) is 6.42 Å². The summed E-state index contributed by atoms with van der Waals surface area (Å²) in [7, 11) is 1.67. The highest BCUT2D eigenvalue weighted by Gasteiger charge is 2.16. The van der Waals surface area contributed by atoms with Crippen molar-refractivity contribution in [3.8, 4) is 6.01 Å². The number of nitrogens with zero attached hydrogens (tertiary/aromatic N) is 2. The molecule has 1 heterocycles. The Morgan fingerprint density at radius 1 is 1.44 bits per heavy atom. The smallest absolute Gasteiger partial charge is 0.319 e. The van der Waals surface area contributed by atoms with Gasteiger partial charge in [0.05, 0.1) is 12.2 Å². The first kappa shape index (κ1) is 13.2. The Morgan fingerprint density at radius 2 is 2.12 bits per heavy atom. The summed E-state index contributed by atoms with van der Waals surface area (Å²) in [5.74, 6) is 0.378. The summed E-state index contributed by atoms with van der Waals surface area (Å²) in [6.45, 7) is 4.47. The number of rotatable bonds is 5. The molecular weight excluding hydrogens is 274 g/mol. The molecule has 0 atom stereocenters. The second-order valence-electron chi connectivity index (χ2n) is 3.96. The first-order valence-electron chi connectivity index (χ1n) is 4.91. The van der Waals surface area contributed by atoms with Gasteiger partial charge in [-0.1, -0.05) is 0 Å². The third-order valence-electron chi connectivity index (χ3n) is 2.18. The maximum atomic E-state index is 5.56. The average molecular weight is 290 g/mol. The topological polar surface area (TPSA) is 70.3 Å². The summed E-state index contributed by atoms with van der Waals surface area (Å²) in [4.78, 5) is 7.99. The lowest BCUT2D eigenvalue weighted by atomic mass is 10.1. The average Bonchev–Trinajstić information content (AvgIpc) is 2.16. The van der Waals surface area contributed by atoms with Crippen LogP contribution in [0.5, 0.6) is 6.01 Å². The summed E-state index contributed by atoms with van der Waals surface area (Å²) < 4.78 is 11.3. The normalized spacial score (nSPS) is 11.5. The van der Waals surface area contributed by atoms with Crippen LogP contribution >= 0.6 is 15.9 Å². The van der Waals surface area contributed by atoms with Gasteiger partial charge in [0.1, 0.15) is 10.4 Å². The van der Waals surface area contributed by atoms with Crippen molar-refractivity contribution in [1.82, 2.24) is 9.97 Å². The molecule has 1 aromatic rings. The quantitative estimate of drug-likeness (QED) is 0.840. The molecule has 1 rings (SSSR count). The third kappa shape index (κ3) is 4.32. The maximum Gasteiger partial charge on any atom is 0.319 e. The van der Waals surface area contributed by atoms with Crippen LogP contribution in [0.4, 0.5) is 5.82 Å². The lowest BCUT2D eigenvalue weighted by molar-refractivity contribution is 0.00467. The molecule has 0 saturated heterocycles. The summed E-state index contributed by atoms with van der Waals surface area (Å²) in [6, 6.07) is 1.89. The van der Waals surface area contributed by atoms with E-state index in [9.17, 15) is 0 Å². The molecule has 0 unspecified atom stereocenters. The molecule has 16 heavy (non-hydrogen) atoms. The SMILES string of the molecule is COC(C)(C)CCOc1nc(N)cc(Br)n1. The molecule has 0 fully saturated rings. The van der Waals surface area contributed by atoms with Crippen molar-refractivity contribution in [2.45, 2.75) is 25.9 Å². The highest BCUT2D eigenvalue weighted by atomic mass is 79.9. The Balaban J connectivity index is 2.49. The fourth-order valence-corrected chi connectivity index (χ4v) is 1.35. The molecule has 0 bridgehead atoms. The van der Waals surface area contributed by atoms with Crippen molar-refractivity contribution in [3.05, 3.63) is 10.7 Å². The molecule has 0 aliphatic heterocycles. The van der Waals surface area contributed by atoms with Crippen molar-refractivity contribution < 1.29 is 9.47 Å². The van der Waals surface area contributed by atoms with E-state index in [1.165, 1.54) is 0 Å². The third-order valence-corrected chi connectivity index (χ3v) is 2.59. The molecule has 0 spiro atoms. The molecule has 6 heteroatoms. The zero-order valence-electron chi connectivity index (χ0n) is 9.66. The van der Waals surface area contributed by atoms with Gasteiger partial charge in [-0.05, 0) is 29.8 Å². The summed E-state index contributed by atoms with van der Waals surface area (Å²) in [5, 5.41) is 0. The molecule has 0 saturated carbocycles. The van der Waals surface area contributed by atoms with E-state index >= 15 is 0 Å². The lowest BCUT2D eigenvalue weighted by Gasteiger charge is -2.22. The van der Waals surface area contributed by atoms with E-state index in [1.807, 2.05) is 13.8 Å². The number of aromatic nitrogens is 2. The van der Waals surface area contributed by atoms with E-state index in [4.69, 9.17) is 15.2 Å². The van der Waals surface area contributed by atoms with Gasteiger partial charge in [0.25, 0.3) is 0 Å². The predicted molar refractivity (Wildman–Crippen MR) is 65.3 cm³/mol. The van der Waals surface area contributed by atoms with Gasteiger partial charge in [0.15, 0.2) is 0 Å². The minimum Gasteiger partial charge on any atom is -0.463 e. The van der Waals surface area contributed by atoms with Crippen LogP contribution in [0.1, 0.15) is 20.3 Å². The van der Waals surface area contributed by atoms with E-state index in [2.05, 4.69) is 25.9 Å². The van der Waals surface area contributed by atoms with Gasteiger partial charge in [0.2, 0.25) is 0 Å². The number of hydrogen-bond donors (Lipinski definition) is 1. The van der Waals surface area contributed by atoms with Crippen molar-refractivity contribution in [1.29, 1.82) is 0 Å². The number of hydrogen-bond acceptors (Lipinski definition) is 5. The zero-order valence-corrected chi connectivity index (χ0v) is 11.2. The van der Waals surface area contributed by atoms with Crippen LogP contribution in [-0.4, -0.2) is 29.3 Å². The summed E-state index contributed by atoms with van der Waals surface area (Å²) in [6.07, 6.45) is 0.749. The van der Waals surface area contributed by atoms with Gasteiger partial charge in [0, 0.05) is 19.6 Å². The van der Waals surface area contributed by atoms with Gasteiger partial charge in [-0.3, -0.25) is 0 Å². The molecule has 90 valence electrons. The predicted octanol–water partition coefficient (Wildman–Crippen LogP) is 2.02. The first-order valence-corrected chi connectivity index (χ1v) is 5.70. The van der Waals surface area contributed by atoms with E-state index in [1.54, 1.807) is 13.2 Å². The van der Waals surface area contributed by atoms with Gasteiger partial charge in [-0.2, -0.15) is 9.97 Å². The van der Waals surface area contributed by atoms with Crippen molar-refractivity contribution >= 4 is 21.7 Å². The number of nitrogen functional groups attached to an aromatic ring is 1. The Hall–Kier alpha value is -0.880. The van der Waals surface area contributed by atoms with Gasteiger partial charge in [-0.15, -0.1) is 0 Å². The van der Waals surface area contributed by atoms with E-state index < -0.39 is 0 Å². The van der Waals surface area contributed by atoms with Gasteiger partial charge in [-0.25, -0.2) is 0 Å². The monoisotopic (exact) mass is 289 g/mol. The van der Waals surface area contributed by atoms with Crippen LogP contribution < -0.4 is 10.5 Å².